The maximum absolute atomic E-state index is 12.0. The van der Waals surface area contributed by atoms with Gasteiger partial charge in [-0.2, -0.15) is 0 Å². The molecular formula is C15H26N2O4. The summed E-state index contributed by atoms with van der Waals surface area (Å²) in [7, 11) is 0. The molecule has 1 saturated carbocycles. The molecule has 6 heteroatoms. The van der Waals surface area contributed by atoms with E-state index in [0.29, 0.717) is 19.8 Å². The summed E-state index contributed by atoms with van der Waals surface area (Å²) in [5.41, 5.74) is -0.267. The number of hydrogen-bond donors (Lipinski definition) is 3. The standard InChI is InChI=1S/C15H26N2O4/c18-13(19)10-15(6-2-1-3-7-15)11-16-14(20)17-12-4-8-21-9-5-12/h12H,1-11H2,(H,18,19)(H2,16,17,20). The van der Waals surface area contributed by atoms with Crippen LogP contribution >= 0.6 is 0 Å². The van der Waals surface area contributed by atoms with Crippen LogP contribution in [0.5, 0.6) is 0 Å². The minimum absolute atomic E-state index is 0.143. The molecule has 1 saturated heterocycles. The molecule has 2 fully saturated rings. The van der Waals surface area contributed by atoms with E-state index in [0.717, 1.165) is 44.9 Å². The van der Waals surface area contributed by atoms with E-state index in [9.17, 15) is 9.59 Å². The first-order valence-electron chi connectivity index (χ1n) is 7.94. The Hall–Kier alpha value is -1.30. The highest BCUT2D eigenvalue weighted by molar-refractivity contribution is 5.74. The average molecular weight is 298 g/mol. The Morgan fingerprint density at radius 2 is 1.81 bits per heavy atom. The second-order valence-electron chi connectivity index (χ2n) is 6.34. The number of rotatable bonds is 5. The van der Waals surface area contributed by atoms with Crippen LogP contribution in [0.2, 0.25) is 0 Å². The fourth-order valence-corrected chi connectivity index (χ4v) is 3.38. The Morgan fingerprint density at radius 1 is 1.14 bits per heavy atom. The van der Waals surface area contributed by atoms with Crippen LogP contribution in [0.15, 0.2) is 0 Å². The van der Waals surface area contributed by atoms with Crippen molar-refractivity contribution in [1.29, 1.82) is 0 Å². The number of carbonyl (C=O) groups is 2. The van der Waals surface area contributed by atoms with Crippen molar-refractivity contribution in [2.45, 2.75) is 57.4 Å². The molecule has 0 bridgehead atoms. The van der Waals surface area contributed by atoms with Crippen LogP contribution in [0.1, 0.15) is 51.4 Å². The highest BCUT2D eigenvalue weighted by Gasteiger charge is 2.34. The van der Waals surface area contributed by atoms with Gasteiger partial charge in [-0.1, -0.05) is 19.3 Å². The van der Waals surface area contributed by atoms with Crippen molar-refractivity contribution < 1.29 is 19.4 Å². The van der Waals surface area contributed by atoms with Gasteiger partial charge in [0.15, 0.2) is 0 Å². The van der Waals surface area contributed by atoms with Crippen LogP contribution in [-0.4, -0.2) is 42.9 Å². The van der Waals surface area contributed by atoms with Crippen molar-refractivity contribution >= 4 is 12.0 Å². The Morgan fingerprint density at radius 3 is 2.43 bits per heavy atom. The van der Waals surface area contributed by atoms with Gasteiger partial charge in [-0.3, -0.25) is 4.79 Å². The van der Waals surface area contributed by atoms with Gasteiger partial charge in [0.05, 0.1) is 6.42 Å². The highest BCUT2D eigenvalue weighted by Crippen LogP contribution is 2.38. The van der Waals surface area contributed by atoms with Crippen LogP contribution in [0, 0.1) is 5.41 Å². The van der Waals surface area contributed by atoms with Crippen molar-refractivity contribution in [2.24, 2.45) is 5.41 Å². The van der Waals surface area contributed by atoms with Crippen molar-refractivity contribution in [3.63, 3.8) is 0 Å². The van der Waals surface area contributed by atoms with E-state index >= 15 is 0 Å². The molecule has 1 aliphatic carbocycles. The van der Waals surface area contributed by atoms with E-state index < -0.39 is 5.97 Å². The fourth-order valence-electron chi connectivity index (χ4n) is 3.38. The van der Waals surface area contributed by atoms with Gasteiger partial charge in [-0.25, -0.2) is 4.79 Å². The summed E-state index contributed by atoms with van der Waals surface area (Å²) in [5.74, 6) is -0.775. The predicted molar refractivity (Wildman–Crippen MR) is 78.1 cm³/mol. The molecule has 0 aromatic heterocycles. The Balaban J connectivity index is 1.79. The van der Waals surface area contributed by atoms with Gasteiger partial charge in [-0.15, -0.1) is 0 Å². The van der Waals surface area contributed by atoms with E-state index in [4.69, 9.17) is 9.84 Å². The second-order valence-corrected chi connectivity index (χ2v) is 6.34. The molecule has 3 N–H and O–H groups in total. The lowest BCUT2D eigenvalue weighted by Crippen LogP contribution is -2.48. The zero-order valence-electron chi connectivity index (χ0n) is 12.5. The van der Waals surface area contributed by atoms with Crippen molar-refractivity contribution in [2.75, 3.05) is 19.8 Å². The van der Waals surface area contributed by atoms with Gasteiger partial charge in [-0.05, 0) is 31.1 Å². The third-order valence-electron chi connectivity index (χ3n) is 4.62. The van der Waals surface area contributed by atoms with Crippen molar-refractivity contribution in [1.82, 2.24) is 10.6 Å². The highest BCUT2D eigenvalue weighted by atomic mass is 16.5. The van der Waals surface area contributed by atoms with E-state index in [1.165, 1.54) is 0 Å². The summed E-state index contributed by atoms with van der Waals surface area (Å²) in [4.78, 5) is 23.1. The van der Waals surface area contributed by atoms with E-state index in [-0.39, 0.29) is 23.9 Å². The van der Waals surface area contributed by atoms with Gasteiger partial charge in [0.1, 0.15) is 0 Å². The zero-order valence-corrected chi connectivity index (χ0v) is 12.5. The maximum atomic E-state index is 12.0. The largest absolute Gasteiger partial charge is 0.481 e. The summed E-state index contributed by atoms with van der Waals surface area (Å²) >= 11 is 0. The summed E-state index contributed by atoms with van der Waals surface area (Å²) in [6.45, 7) is 1.83. The molecule has 2 aliphatic rings. The predicted octanol–water partition coefficient (Wildman–Crippen LogP) is 1.89. The number of hydrogen-bond acceptors (Lipinski definition) is 3. The Bertz CT molecular complexity index is 361. The van der Waals surface area contributed by atoms with Crippen molar-refractivity contribution in [3.8, 4) is 0 Å². The Labute approximate surface area is 125 Å². The molecule has 0 aromatic carbocycles. The Kier molecular flexibility index (Phi) is 5.85. The lowest BCUT2D eigenvalue weighted by molar-refractivity contribution is -0.140. The van der Waals surface area contributed by atoms with Crippen LogP contribution in [0.25, 0.3) is 0 Å². The summed E-state index contributed by atoms with van der Waals surface area (Å²) < 4.78 is 5.26. The first kappa shape index (κ1) is 16.1. The molecule has 1 aliphatic heterocycles. The molecule has 2 rings (SSSR count). The van der Waals surface area contributed by atoms with Crippen LogP contribution in [0.4, 0.5) is 4.79 Å². The molecule has 2 amide bonds. The van der Waals surface area contributed by atoms with E-state index in [2.05, 4.69) is 10.6 Å². The minimum atomic E-state index is -0.775. The lowest BCUT2D eigenvalue weighted by Gasteiger charge is -2.36. The van der Waals surface area contributed by atoms with Gasteiger partial charge in [0.25, 0.3) is 0 Å². The third-order valence-corrected chi connectivity index (χ3v) is 4.62. The zero-order chi connectivity index (χ0) is 15.1. The lowest BCUT2D eigenvalue weighted by atomic mass is 9.72. The molecule has 0 aromatic rings. The number of urea groups is 1. The third kappa shape index (κ3) is 5.19. The van der Waals surface area contributed by atoms with Crippen molar-refractivity contribution in [3.05, 3.63) is 0 Å². The van der Waals surface area contributed by atoms with Crippen LogP contribution < -0.4 is 10.6 Å². The molecule has 0 unspecified atom stereocenters. The van der Waals surface area contributed by atoms with Crippen LogP contribution in [0.3, 0.4) is 0 Å². The summed E-state index contributed by atoms with van der Waals surface area (Å²) in [6, 6.07) is -0.0160. The molecule has 120 valence electrons. The maximum Gasteiger partial charge on any atom is 0.315 e. The second kappa shape index (κ2) is 7.64. The van der Waals surface area contributed by atoms with Gasteiger partial charge in [0.2, 0.25) is 0 Å². The van der Waals surface area contributed by atoms with Gasteiger partial charge < -0.3 is 20.5 Å². The number of ether oxygens (including phenoxy) is 1. The first-order valence-corrected chi connectivity index (χ1v) is 7.94. The number of aliphatic carboxylic acids is 1. The van der Waals surface area contributed by atoms with Crippen LogP contribution in [-0.2, 0) is 9.53 Å². The molecule has 0 spiro atoms. The quantitative estimate of drug-likeness (QED) is 0.723. The number of carbonyl (C=O) groups excluding carboxylic acids is 1. The molecular weight excluding hydrogens is 272 g/mol. The minimum Gasteiger partial charge on any atom is -0.481 e. The summed E-state index contributed by atoms with van der Waals surface area (Å²) in [5, 5.41) is 15.0. The average Bonchev–Trinajstić information content (AvgIpc) is 2.47. The number of carboxylic acids is 1. The molecule has 21 heavy (non-hydrogen) atoms. The monoisotopic (exact) mass is 298 g/mol. The summed E-state index contributed by atoms with van der Waals surface area (Å²) in [6.07, 6.45) is 6.86. The van der Waals surface area contributed by atoms with E-state index in [1.807, 2.05) is 0 Å². The fraction of sp³-hybridized carbons (Fsp3) is 0.867. The molecule has 0 radical (unpaired) electrons. The number of amides is 2. The topological polar surface area (TPSA) is 87.7 Å². The molecule has 6 nitrogen and oxygen atoms in total. The van der Waals surface area contributed by atoms with Gasteiger partial charge in [0, 0.05) is 25.8 Å². The number of carboxylic acid groups (broad SMARTS) is 1. The van der Waals surface area contributed by atoms with Gasteiger partial charge >= 0.3 is 12.0 Å². The first-order chi connectivity index (χ1) is 10.1. The number of nitrogens with one attached hydrogen (secondary N) is 2. The molecule has 0 atom stereocenters. The van der Waals surface area contributed by atoms with E-state index in [1.54, 1.807) is 0 Å². The molecule has 1 heterocycles. The normalized spacial score (nSPS) is 22.5. The SMILES string of the molecule is O=C(O)CC1(CNC(=O)NC2CCOCC2)CCCCC1. The smallest absolute Gasteiger partial charge is 0.315 e.